The predicted octanol–water partition coefficient (Wildman–Crippen LogP) is 4.40. The molecule has 2 aromatic carbocycles. The Morgan fingerprint density at radius 3 is 2.50 bits per heavy atom. The van der Waals surface area contributed by atoms with Crippen LogP contribution in [0, 0.1) is 5.82 Å². The number of urea groups is 1. The maximum atomic E-state index is 14.2. The summed E-state index contributed by atoms with van der Waals surface area (Å²) < 4.78 is 14.2. The third-order valence-corrected chi connectivity index (χ3v) is 4.27. The lowest BCUT2D eigenvalue weighted by Crippen LogP contribution is -2.28. The van der Waals surface area contributed by atoms with Gasteiger partial charge in [0.15, 0.2) is 0 Å². The molecular formula is C18H19ClFN3O. The standard InChI is InChI=1S/C18H19ClFN3O/c19-14-5-3-13(4-6-14)12-21-18(24)22-15-7-8-17(16(20)11-15)23-9-1-2-10-23/h3-8,11H,1-2,9-10,12H2,(H2,21,22,24). The summed E-state index contributed by atoms with van der Waals surface area (Å²) in [5.74, 6) is -0.313. The molecule has 0 aliphatic carbocycles. The third kappa shape index (κ3) is 4.17. The molecule has 2 amide bonds. The minimum absolute atomic E-state index is 0.313. The number of carbonyl (C=O) groups is 1. The minimum atomic E-state index is -0.377. The monoisotopic (exact) mass is 347 g/mol. The Morgan fingerprint density at radius 2 is 1.83 bits per heavy atom. The number of hydrogen-bond acceptors (Lipinski definition) is 2. The molecule has 0 bridgehead atoms. The van der Waals surface area contributed by atoms with Crippen molar-refractivity contribution in [2.24, 2.45) is 0 Å². The Labute approximate surface area is 145 Å². The first kappa shape index (κ1) is 16.6. The highest BCUT2D eigenvalue weighted by Crippen LogP contribution is 2.26. The molecule has 3 rings (SSSR count). The Balaban J connectivity index is 1.56. The van der Waals surface area contributed by atoms with Crippen molar-refractivity contribution in [3.05, 3.63) is 58.9 Å². The van der Waals surface area contributed by atoms with Crippen molar-refractivity contribution in [3.8, 4) is 0 Å². The number of rotatable bonds is 4. The van der Waals surface area contributed by atoms with Gasteiger partial charge in [0.1, 0.15) is 5.82 Å². The number of amides is 2. The van der Waals surface area contributed by atoms with Gasteiger partial charge in [0.2, 0.25) is 0 Å². The first-order valence-electron chi connectivity index (χ1n) is 7.95. The number of anilines is 2. The van der Waals surface area contributed by atoms with Gasteiger partial charge in [-0.1, -0.05) is 23.7 Å². The van der Waals surface area contributed by atoms with Gasteiger partial charge < -0.3 is 15.5 Å². The van der Waals surface area contributed by atoms with E-state index in [-0.39, 0.29) is 11.8 Å². The summed E-state index contributed by atoms with van der Waals surface area (Å²) in [5.41, 5.74) is 1.97. The van der Waals surface area contributed by atoms with E-state index in [0.717, 1.165) is 31.5 Å². The van der Waals surface area contributed by atoms with Crippen LogP contribution in [0.2, 0.25) is 5.02 Å². The minimum Gasteiger partial charge on any atom is -0.369 e. The van der Waals surface area contributed by atoms with Crippen LogP contribution in [0.1, 0.15) is 18.4 Å². The molecule has 1 aliphatic heterocycles. The molecule has 0 spiro atoms. The Hall–Kier alpha value is -2.27. The van der Waals surface area contributed by atoms with Gasteiger partial charge >= 0.3 is 6.03 Å². The first-order valence-corrected chi connectivity index (χ1v) is 8.33. The van der Waals surface area contributed by atoms with Crippen molar-refractivity contribution in [2.45, 2.75) is 19.4 Å². The fourth-order valence-corrected chi connectivity index (χ4v) is 2.89. The normalized spacial score (nSPS) is 13.8. The number of nitrogens with zero attached hydrogens (tertiary/aromatic N) is 1. The van der Waals surface area contributed by atoms with Crippen LogP contribution in [0.15, 0.2) is 42.5 Å². The number of halogens is 2. The molecule has 1 aliphatic rings. The highest BCUT2D eigenvalue weighted by Gasteiger charge is 2.16. The van der Waals surface area contributed by atoms with Gasteiger partial charge in [-0.15, -0.1) is 0 Å². The number of carbonyl (C=O) groups excluding carboxylic acids is 1. The quantitative estimate of drug-likeness (QED) is 0.861. The molecule has 0 radical (unpaired) electrons. The topological polar surface area (TPSA) is 44.4 Å². The van der Waals surface area contributed by atoms with E-state index in [9.17, 15) is 9.18 Å². The molecule has 0 saturated carbocycles. The van der Waals surface area contributed by atoms with Crippen LogP contribution in [0.4, 0.5) is 20.6 Å². The van der Waals surface area contributed by atoms with E-state index in [1.807, 2.05) is 17.0 Å². The van der Waals surface area contributed by atoms with Crippen LogP contribution in [-0.2, 0) is 6.54 Å². The molecule has 6 heteroatoms. The second-order valence-electron chi connectivity index (χ2n) is 5.79. The first-order chi connectivity index (χ1) is 11.6. The average molecular weight is 348 g/mol. The van der Waals surface area contributed by atoms with E-state index in [1.165, 1.54) is 6.07 Å². The van der Waals surface area contributed by atoms with E-state index < -0.39 is 0 Å². The molecule has 0 aromatic heterocycles. The average Bonchev–Trinajstić information content (AvgIpc) is 3.09. The van der Waals surface area contributed by atoms with Gasteiger partial charge in [-0.25, -0.2) is 9.18 Å². The zero-order valence-corrected chi connectivity index (χ0v) is 13.9. The van der Waals surface area contributed by atoms with Crippen LogP contribution < -0.4 is 15.5 Å². The summed E-state index contributed by atoms with van der Waals surface area (Å²) in [5, 5.41) is 6.03. The van der Waals surface area contributed by atoms with Crippen molar-refractivity contribution in [3.63, 3.8) is 0 Å². The SMILES string of the molecule is O=C(NCc1ccc(Cl)cc1)Nc1ccc(N2CCCC2)c(F)c1. The highest BCUT2D eigenvalue weighted by molar-refractivity contribution is 6.30. The zero-order valence-electron chi connectivity index (χ0n) is 13.2. The molecule has 2 aromatic rings. The maximum Gasteiger partial charge on any atom is 0.319 e. The van der Waals surface area contributed by atoms with E-state index >= 15 is 0 Å². The highest BCUT2D eigenvalue weighted by atomic mass is 35.5. The van der Waals surface area contributed by atoms with Crippen LogP contribution in [-0.4, -0.2) is 19.1 Å². The number of nitrogens with one attached hydrogen (secondary N) is 2. The van der Waals surface area contributed by atoms with E-state index in [2.05, 4.69) is 10.6 Å². The molecule has 0 unspecified atom stereocenters. The van der Waals surface area contributed by atoms with Crippen molar-refractivity contribution >= 4 is 29.0 Å². The predicted molar refractivity (Wildman–Crippen MR) is 95.2 cm³/mol. The summed E-state index contributed by atoms with van der Waals surface area (Å²) in [7, 11) is 0. The summed E-state index contributed by atoms with van der Waals surface area (Å²) in [4.78, 5) is 14.0. The van der Waals surface area contributed by atoms with Gasteiger partial charge in [0.25, 0.3) is 0 Å². The summed E-state index contributed by atoms with van der Waals surface area (Å²) in [6.45, 7) is 2.13. The van der Waals surface area contributed by atoms with Crippen LogP contribution in [0.5, 0.6) is 0 Å². The van der Waals surface area contributed by atoms with Crippen molar-refractivity contribution < 1.29 is 9.18 Å². The number of benzene rings is 2. The van der Waals surface area contributed by atoms with Gasteiger partial charge in [-0.3, -0.25) is 0 Å². The fraction of sp³-hybridized carbons (Fsp3) is 0.278. The zero-order chi connectivity index (χ0) is 16.9. The van der Waals surface area contributed by atoms with Gasteiger partial charge in [0.05, 0.1) is 5.69 Å². The van der Waals surface area contributed by atoms with Gasteiger partial charge in [-0.2, -0.15) is 0 Å². The number of hydrogen-bond donors (Lipinski definition) is 2. The molecule has 1 heterocycles. The fourth-order valence-electron chi connectivity index (χ4n) is 2.76. The summed E-state index contributed by atoms with van der Waals surface area (Å²) >= 11 is 5.82. The lowest BCUT2D eigenvalue weighted by atomic mass is 10.2. The summed E-state index contributed by atoms with van der Waals surface area (Å²) in [6, 6.07) is 11.6. The Kier molecular flexibility index (Phi) is 5.20. The van der Waals surface area contributed by atoms with Crippen LogP contribution in [0.25, 0.3) is 0 Å². The van der Waals surface area contributed by atoms with Crippen LogP contribution in [0.3, 0.4) is 0 Å². The molecule has 126 valence electrons. The van der Waals surface area contributed by atoms with Crippen molar-refractivity contribution in [1.82, 2.24) is 5.32 Å². The second kappa shape index (κ2) is 7.53. The summed E-state index contributed by atoms with van der Waals surface area (Å²) in [6.07, 6.45) is 2.18. The second-order valence-corrected chi connectivity index (χ2v) is 6.23. The molecular weight excluding hydrogens is 329 g/mol. The van der Waals surface area contributed by atoms with Crippen molar-refractivity contribution in [2.75, 3.05) is 23.3 Å². The van der Waals surface area contributed by atoms with E-state index in [4.69, 9.17) is 11.6 Å². The maximum absolute atomic E-state index is 14.2. The third-order valence-electron chi connectivity index (χ3n) is 4.02. The molecule has 1 saturated heterocycles. The Bertz CT molecular complexity index is 715. The van der Waals surface area contributed by atoms with Crippen LogP contribution >= 0.6 is 11.6 Å². The molecule has 2 N–H and O–H groups in total. The largest absolute Gasteiger partial charge is 0.369 e. The smallest absolute Gasteiger partial charge is 0.319 e. The molecule has 4 nitrogen and oxygen atoms in total. The van der Waals surface area contributed by atoms with Gasteiger partial charge in [-0.05, 0) is 48.7 Å². The lowest BCUT2D eigenvalue weighted by molar-refractivity contribution is 0.251. The molecule has 24 heavy (non-hydrogen) atoms. The van der Waals surface area contributed by atoms with E-state index in [1.54, 1.807) is 24.3 Å². The van der Waals surface area contributed by atoms with Crippen molar-refractivity contribution in [1.29, 1.82) is 0 Å². The molecule has 0 atom stereocenters. The van der Waals surface area contributed by atoms with Gasteiger partial charge in [0, 0.05) is 30.3 Å². The molecule has 1 fully saturated rings. The van der Waals surface area contributed by atoms with E-state index in [0.29, 0.717) is 22.9 Å². The Morgan fingerprint density at radius 1 is 1.12 bits per heavy atom. The lowest BCUT2D eigenvalue weighted by Gasteiger charge is -2.19.